The molecule has 0 N–H and O–H groups in total. The zero-order valence-electron chi connectivity index (χ0n) is 7.79. The summed E-state index contributed by atoms with van der Waals surface area (Å²) in [6.45, 7) is 0. The minimum absolute atomic E-state index is 0.686. The van der Waals surface area contributed by atoms with Crippen LogP contribution >= 0.6 is 12.2 Å². The summed E-state index contributed by atoms with van der Waals surface area (Å²) in [5, 5.41) is 10.2. The van der Waals surface area contributed by atoms with Crippen LogP contribution in [0.15, 0.2) is 47.6 Å². The second kappa shape index (κ2) is 4.55. The first-order chi connectivity index (χ1) is 7.42. The molecule has 0 bridgehead atoms. The molecule has 1 aromatic heterocycles. The van der Waals surface area contributed by atoms with Gasteiger partial charge >= 0.3 is 0 Å². The van der Waals surface area contributed by atoms with Crippen LogP contribution < -0.4 is 0 Å². The number of nitrogens with zero attached hydrogens (tertiary/aromatic N) is 3. The van der Waals surface area contributed by atoms with E-state index in [-0.39, 0.29) is 0 Å². The molecular weight excluding hydrogens is 206 g/mol. The van der Waals surface area contributed by atoms with Gasteiger partial charge in [-0.05, 0) is 18.3 Å². The molecule has 0 atom stereocenters. The standard InChI is InChI=1S/C11H7N3S/c15-8-12-10-6-7-13-14-11(10)9-4-2-1-3-5-9/h1-7H. The number of hydrogen-bond donors (Lipinski definition) is 0. The van der Waals surface area contributed by atoms with Crippen molar-refractivity contribution in [3.05, 3.63) is 42.6 Å². The predicted octanol–water partition coefficient (Wildman–Crippen LogP) is 2.88. The zero-order chi connectivity index (χ0) is 10.5. The van der Waals surface area contributed by atoms with E-state index in [1.54, 1.807) is 12.3 Å². The quantitative estimate of drug-likeness (QED) is 0.568. The van der Waals surface area contributed by atoms with Crippen LogP contribution in [0, 0.1) is 0 Å². The van der Waals surface area contributed by atoms with Gasteiger partial charge in [0.05, 0.1) is 11.4 Å². The van der Waals surface area contributed by atoms with Crippen LogP contribution in [0.1, 0.15) is 0 Å². The molecule has 0 fully saturated rings. The molecule has 0 aliphatic rings. The van der Waals surface area contributed by atoms with Gasteiger partial charge in [-0.25, -0.2) is 0 Å². The van der Waals surface area contributed by atoms with Gasteiger partial charge in [0.1, 0.15) is 11.4 Å². The van der Waals surface area contributed by atoms with E-state index in [2.05, 4.69) is 32.6 Å². The third-order valence-corrected chi connectivity index (χ3v) is 2.00. The fourth-order valence-corrected chi connectivity index (χ4v) is 1.36. The molecule has 15 heavy (non-hydrogen) atoms. The smallest absolute Gasteiger partial charge is 0.119 e. The van der Waals surface area contributed by atoms with E-state index in [1.165, 1.54) is 0 Å². The van der Waals surface area contributed by atoms with Crippen LogP contribution in [0.5, 0.6) is 0 Å². The lowest BCUT2D eigenvalue weighted by Crippen LogP contribution is -1.86. The highest BCUT2D eigenvalue weighted by Gasteiger charge is 2.04. The lowest BCUT2D eigenvalue weighted by molar-refractivity contribution is 1.04. The highest BCUT2D eigenvalue weighted by molar-refractivity contribution is 7.78. The highest BCUT2D eigenvalue weighted by Crippen LogP contribution is 2.25. The van der Waals surface area contributed by atoms with Crippen LogP contribution in [-0.2, 0) is 0 Å². The largest absolute Gasteiger partial charge is 0.192 e. The minimum atomic E-state index is 0.686. The Morgan fingerprint density at radius 1 is 1.13 bits per heavy atom. The molecule has 0 radical (unpaired) electrons. The van der Waals surface area contributed by atoms with E-state index in [9.17, 15) is 0 Å². The Labute approximate surface area is 92.5 Å². The molecule has 72 valence electrons. The Kier molecular flexibility index (Phi) is 2.93. The van der Waals surface area contributed by atoms with Gasteiger partial charge in [0.15, 0.2) is 0 Å². The molecule has 0 amide bonds. The Balaban J connectivity index is 2.58. The van der Waals surface area contributed by atoms with Gasteiger partial charge in [0, 0.05) is 5.56 Å². The first-order valence-electron chi connectivity index (χ1n) is 4.37. The maximum Gasteiger partial charge on any atom is 0.119 e. The van der Waals surface area contributed by atoms with Crippen molar-refractivity contribution in [3.63, 3.8) is 0 Å². The lowest BCUT2D eigenvalue weighted by Gasteiger charge is -2.01. The third kappa shape index (κ3) is 2.13. The molecule has 2 rings (SSSR count). The van der Waals surface area contributed by atoms with E-state index in [0.717, 1.165) is 11.3 Å². The molecule has 0 unspecified atom stereocenters. The van der Waals surface area contributed by atoms with Crippen molar-refractivity contribution < 1.29 is 0 Å². The number of thiocarbonyl (C=S) groups is 1. The number of aromatic nitrogens is 2. The Morgan fingerprint density at radius 3 is 2.67 bits per heavy atom. The second-order valence-corrected chi connectivity index (χ2v) is 3.02. The predicted molar refractivity (Wildman–Crippen MR) is 62.2 cm³/mol. The highest BCUT2D eigenvalue weighted by atomic mass is 32.1. The van der Waals surface area contributed by atoms with Crippen LogP contribution in [0.2, 0.25) is 0 Å². The fraction of sp³-hybridized carbons (Fsp3) is 0. The van der Waals surface area contributed by atoms with Crippen LogP contribution in [0.4, 0.5) is 5.69 Å². The van der Waals surface area contributed by atoms with E-state index >= 15 is 0 Å². The SMILES string of the molecule is S=C=Nc1ccnnc1-c1ccccc1. The molecule has 1 heterocycles. The molecule has 4 heteroatoms. The summed E-state index contributed by atoms with van der Waals surface area (Å²) < 4.78 is 0. The first kappa shape index (κ1) is 9.65. The van der Waals surface area contributed by atoms with Crippen LogP contribution in [0.3, 0.4) is 0 Å². The maximum atomic E-state index is 4.58. The van der Waals surface area contributed by atoms with Gasteiger partial charge in [0.25, 0.3) is 0 Å². The summed E-state index contributed by atoms with van der Waals surface area (Å²) in [6.07, 6.45) is 1.58. The van der Waals surface area contributed by atoms with Crippen LogP contribution in [-0.4, -0.2) is 15.4 Å². The number of isothiocyanates is 1. The van der Waals surface area contributed by atoms with Gasteiger partial charge in [-0.1, -0.05) is 30.3 Å². The van der Waals surface area contributed by atoms with E-state index in [0.29, 0.717) is 5.69 Å². The number of rotatable bonds is 2. The number of hydrogen-bond acceptors (Lipinski definition) is 4. The maximum absolute atomic E-state index is 4.58. The molecule has 3 nitrogen and oxygen atoms in total. The normalized spacial score (nSPS) is 9.33. The third-order valence-electron chi connectivity index (χ3n) is 1.91. The van der Waals surface area contributed by atoms with Crippen molar-refractivity contribution >= 4 is 23.1 Å². The fourth-order valence-electron chi connectivity index (χ4n) is 1.27. The Bertz CT molecular complexity index is 504. The van der Waals surface area contributed by atoms with Crippen molar-refractivity contribution in [2.45, 2.75) is 0 Å². The molecule has 1 aromatic carbocycles. The average molecular weight is 213 g/mol. The molecular formula is C11H7N3S. The van der Waals surface area contributed by atoms with E-state index in [1.807, 2.05) is 30.3 Å². The van der Waals surface area contributed by atoms with E-state index < -0.39 is 0 Å². The average Bonchev–Trinajstić information content (AvgIpc) is 2.31. The van der Waals surface area contributed by atoms with E-state index in [4.69, 9.17) is 0 Å². The first-order valence-corrected chi connectivity index (χ1v) is 4.77. The lowest BCUT2D eigenvalue weighted by atomic mass is 10.1. The summed E-state index contributed by atoms with van der Waals surface area (Å²) in [6, 6.07) is 11.5. The van der Waals surface area contributed by atoms with Gasteiger partial charge in [-0.15, -0.1) is 5.10 Å². The minimum Gasteiger partial charge on any atom is -0.192 e. The van der Waals surface area contributed by atoms with Crippen molar-refractivity contribution in [3.8, 4) is 11.3 Å². The molecule has 0 saturated heterocycles. The monoisotopic (exact) mass is 213 g/mol. The van der Waals surface area contributed by atoms with Gasteiger partial charge < -0.3 is 0 Å². The van der Waals surface area contributed by atoms with Crippen LogP contribution in [0.25, 0.3) is 11.3 Å². The zero-order valence-corrected chi connectivity index (χ0v) is 8.61. The van der Waals surface area contributed by atoms with Gasteiger partial charge in [0.2, 0.25) is 0 Å². The molecule has 0 saturated carbocycles. The molecule has 2 aromatic rings. The van der Waals surface area contributed by atoms with Gasteiger partial charge in [-0.3, -0.25) is 0 Å². The summed E-state index contributed by atoms with van der Waals surface area (Å²) in [5.41, 5.74) is 2.37. The van der Waals surface area contributed by atoms with Crippen molar-refractivity contribution in [2.24, 2.45) is 4.99 Å². The molecule has 0 spiro atoms. The summed E-state index contributed by atoms with van der Waals surface area (Å²) >= 11 is 4.58. The molecule has 0 aliphatic carbocycles. The summed E-state index contributed by atoms with van der Waals surface area (Å²) in [7, 11) is 0. The summed E-state index contributed by atoms with van der Waals surface area (Å²) in [5.74, 6) is 0. The van der Waals surface area contributed by atoms with Crippen molar-refractivity contribution in [1.82, 2.24) is 10.2 Å². The van der Waals surface area contributed by atoms with Crippen molar-refractivity contribution in [2.75, 3.05) is 0 Å². The summed E-state index contributed by atoms with van der Waals surface area (Å²) in [4.78, 5) is 3.95. The molecule has 0 aliphatic heterocycles. The Hall–Kier alpha value is -1.90. The van der Waals surface area contributed by atoms with Crippen molar-refractivity contribution in [1.29, 1.82) is 0 Å². The Morgan fingerprint density at radius 2 is 1.93 bits per heavy atom. The van der Waals surface area contributed by atoms with Gasteiger partial charge in [-0.2, -0.15) is 10.1 Å². The number of aliphatic imine (C=N–C) groups is 1. The number of benzene rings is 1. The second-order valence-electron chi connectivity index (χ2n) is 2.83. The topological polar surface area (TPSA) is 38.1 Å².